The second-order valence-electron chi connectivity index (χ2n) is 4.45. The van der Waals surface area contributed by atoms with E-state index in [2.05, 4.69) is 21.2 Å². The summed E-state index contributed by atoms with van der Waals surface area (Å²) >= 11 is 3.30. The minimum atomic E-state index is -0.492. The van der Waals surface area contributed by atoms with Gasteiger partial charge in [0, 0.05) is 10.9 Å². The van der Waals surface area contributed by atoms with Gasteiger partial charge in [0.1, 0.15) is 5.82 Å². The molecule has 0 heterocycles. The molecule has 0 bridgehead atoms. The summed E-state index contributed by atoms with van der Waals surface area (Å²) in [6, 6.07) is 4.50. The van der Waals surface area contributed by atoms with Gasteiger partial charge in [-0.05, 0) is 32.9 Å². The van der Waals surface area contributed by atoms with Crippen molar-refractivity contribution in [3.8, 4) is 0 Å². The summed E-state index contributed by atoms with van der Waals surface area (Å²) < 4.78 is 13.4. The van der Waals surface area contributed by atoms with E-state index in [9.17, 15) is 9.18 Å². The molecular weight excluding hydrogens is 273 g/mol. The molecular formula is C12H15BrFNO. The fourth-order valence-corrected chi connectivity index (χ4v) is 1.36. The molecule has 88 valence electrons. The molecule has 0 unspecified atom stereocenters. The molecule has 1 amide bonds. The topological polar surface area (TPSA) is 29.1 Å². The van der Waals surface area contributed by atoms with Gasteiger partial charge < -0.3 is 5.32 Å². The highest BCUT2D eigenvalue weighted by atomic mass is 79.9. The molecule has 0 aliphatic heterocycles. The zero-order chi connectivity index (χ0) is 12.3. The number of halogens is 2. The lowest BCUT2D eigenvalue weighted by Gasteiger charge is -2.23. The summed E-state index contributed by atoms with van der Waals surface area (Å²) in [7, 11) is 0. The minimum absolute atomic E-state index is 0.0917. The van der Waals surface area contributed by atoms with Crippen LogP contribution in [0.1, 0.15) is 29.8 Å². The molecule has 0 saturated carbocycles. The van der Waals surface area contributed by atoms with Crippen molar-refractivity contribution in [2.75, 3.05) is 5.33 Å². The summed E-state index contributed by atoms with van der Waals surface area (Å²) in [5.41, 5.74) is 0.560. The van der Waals surface area contributed by atoms with Crippen LogP contribution in [0.4, 0.5) is 4.39 Å². The van der Waals surface area contributed by atoms with Crippen LogP contribution in [0.15, 0.2) is 18.2 Å². The Morgan fingerprint density at radius 1 is 1.50 bits per heavy atom. The summed E-state index contributed by atoms with van der Waals surface area (Å²) in [4.78, 5) is 11.8. The van der Waals surface area contributed by atoms with Crippen molar-refractivity contribution in [1.29, 1.82) is 0 Å². The van der Waals surface area contributed by atoms with Crippen LogP contribution in [0.3, 0.4) is 0 Å². The van der Waals surface area contributed by atoms with Gasteiger partial charge in [-0.15, -0.1) is 0 Å². The van der Waals surface area contributed by atoms with Gasteiger partial charge in [-0.2, -0.15) is 0 Å². The fourth-order valence-electron chi connectivity index (χ4n) is 1.22. The Bertz CT molecular complexity index is 404. The van der Waals surface area contributed by atoms with Crippen LogP contribution >= 0.6 is 15.9 Å². The number of alkyl halides is 1. The molecule has 0 atom stereocenters. The molecule has 0 spiro atoms. The smallest absolute Gasteiger partial charge is 0.254 e. The lowest BCUT2D eigenvalue weighted by molar-refractivity contribution is 0.0917. The molecule has 0 saturated heterocycles. The number of hydrogen-bond acceptors (Lipinski definition) is 1. The van der Waals surface area contributed by atoms with E-state index in [0.29, 0.717) is 5.33 Å². The quantitative estimate of drug-likeness (QED) is 0.851. The number of nitrogens with one attached hydrogen (secondary N) is 1. The summed E-state index contributed by atoms with van der Waals surface area (Å²) in [5.74, 6) is -0.876. The van der Waals surface area contributed by atoms with Gasteiger partial charge in [0.25, 0.3) is 5.91 Å². The molecule has 1 N–H and O–H groups in total. The zero-order valence-corrected chi connectivity index (χ0v) is 11.2. The summed E-state index contributed by atoms with van der Waals surface area (Å²) in [6.45, 7) is 5.56. The normalized spacial score (nSPS) is 11.3. The van der Waals surface area contributed by atoms with Crippen molar-refractivity contribution in [2.45, 2.75) is 26.3 Å². The van der Waals surface area contributed by atoms with Crippen LogP contribution in [-0.2, 0) is 0 Å². The molecule has 1 aromatic rings. The van der Waals surface area contributed by atoms with Crippen LogP contribution in [0.25, 0.3) is 0 Å². The van der Waals surface area contributed by atoms with E-state index < -0.39 is 11.4 Å². The minimum Gasteiger partial charge on any atom is -0.346 e. The van der Waals surface area contributed by atoms with Crippen LogP contribution in [0, 0.1) is 12.7 Å². The second kappa shape index (κ2) is 4.95. The summed E-state index contributed by atoms with van der Waals surface area (Å²) in [6.07, 6.45) is 0. The first-order valence-corrected chi connectivity index (χ1v) is 6.12. The molecule has 0 aliphatic rings. The van der Waals surface area contributed by atoms with E-state index in [4.69, 9.17) is 0 Å². The van der Waals surface area contributed by atoms with Gasteiger partial charge in [0.15, 0.2) is 0 Å². The van der Waals surface area contributed by atoms with Gasteiger partial charge in [0.2, 0.25) is 0 Å². The highest BCUT2D eigenvalue weighted by molar-refractivity contribution is 9.09. The third kappa shape index (κ3) is 3.30. The predicted octanol–water partition coefficient (Wildman–Crippen LogP) is 3.04. The van der Waals surface area contributed by atoms with Crippen molar-refractivity contribution in [1.82, 2.24) is 5.32 Å². The third-order valence-electron chi connectivity index (χ3n) is 2.15. The predicted molar refractivity (Wildman–Crippen MR) is 66.5 cm³/mol. The van der Waals surface area contributed by atoms with E-state index in [1.807, 2.05) is 20.8 Å². The van der Waals surface area contributed by atoms with Gasteiger partial charge >= 0.3 is 0 Å². The van der Waals surface area contributed by atoms with E-state index in [0.717, 1.165) is 5.56 Å². The molecule has 16 heavy (non-hydrogen) atoms. The number of benzene rings is 1. The Morgan fingerprint density at radius 3 is 2.69 bits per heavy atom. The maximum Gasteiger partial charge on any atom is 0.254 e. The SMILES string of the molecule is Cc1ccc(F)c(C(=O)NC(C)(C)CBr)c1. The Morgan fingerprint density at radius 2 is 2.12 bits per heavy atom. The maximum absolute atomic E-state index is 13.4. The first-order chi connectivity index (χ1) is 7.35. The summed E-state index contributed by atoms with van der Waals surface area (Å²) in [5, 5.41) is 3.37. The standard InChI is InChI=1S/C12H15BrFNO/c1-8-4-5-10(14)9(6-8)11(16)15-12(2,3)7-13/h4-6H,7H2,1-3H3,(H,15,16). The van der Waals surface area contributed by atoms with Crippen molar-refractivity contribution in [3.05, 3.63) is 35.1 Å². The molecule has 0 aliphatic carbocycles. The van der Waals surface area contributed by atoms with Gasteiger partial charge in [0.05, 0.1) is 5.56 Å². The number of aryl methyl sites for hydroxylation is 1. The number of carbonyl (C=O) groups excluding carboxylic acids is 1. The highest BCUT2D eigenvalue weighted by Gasteiger charge is 2.21. The van der Waals surface area contributed by atoms with E-state index >= 15 is 0 Å². The maximum atomic E-state index is 13.4. The molecule has 0 aromatic heterocycles. The number of hydrogen-bond donors (Lipinski definition) is 1. The van der Waals surface area contributed by atoms with Crippen molar-refractivity contribution < 1.29 is 9.18 Å². The van der Waals surface area contributed by atoms with E-state index in [-0.39, 0.29) is 11.5 Å². The van der Waals surface area contributed by atoms with Gasteiger partial charge in [-0.3, -0.25) is 4.79 Å². The zero-order valence-electron chi connectivity index (χ0n) is 9.60. The molecule has 4 heteroatoms. The van der Waals surface area contributed by atoms with E-state index in [1.54, 1.807) is 12.1 Å². The lowest BCUT2D eigenvalue weighted by atomic mass is 10.1. The Hall–Kier alpha value is -0.900. The number of amides is 1. The Kier molecular flexibility index (Phi) is 4.08. The third-order valence-corrected chi connectivity index (χ3v) is 3.55. The van der Waals surface area contributed by atoms with Crippen LogP contribution in [-0.4, -0.2) is 16.8 Å². The first-order valence-electron chi connectivity index (χ1n) is 5.00. The highest BCUT2D eigenvalue weighted by Crippen LogP contribution is 2.13. The van der Waals surface area contributed by atoms with Gasteiger partial charge in [-0.25, -0.2) is 4.39 Å². The van der Waals surface area contributed by atoms with Crippen LogP contribution in [0.2, 0.25) is 0 Å². The monoisotopic (exact) mass is 287 g/mol. The number of carbonyl (C=O) groups is 1. The molecule has 0 radical (unpaired) electrons. The second-order valence-corrected chi connectivity index (χ2v) is 5.02. The average Bonchev–Trinajstić information content (AvgIpc) is 2.21. The largest absolute Gasteiger partial charge is 0.346 e. The van der Waals surface area contributed by atoms with Crippen molar-refractivity contribution in [2.24, 2.45) is 0 Å². The van der Waals surface area contributed by atoms with Crippen molar-refractivity contribution >= 4 is 21.8 Å². The van der Waals surface area contributed by atoms with Gasteiger partial charge in [-0.1, -0.05) is 27.6 Å². The molecule has 1 rings (SSSR count). The first kappa shape index (κ1) is 13.2. The van der Waals surface area contributed by atoms with Crippen LogP contribution < -0.4 is 5.32 Å². The van der Waals surface area contributed by atoms with Crippen LogP contribution in [0.5, 0.6) is 0 Å². The Balaban J connectivity index is 2.93. The molecule has 0 fully saturated rings. The Labute approximate surface area is 103 Å². The average molecular weight is 288 g/mol. The van der Waals surface area contributed by atoms with E-state index in [1.165, 1.54) is 6.07 Å². The van der Waals surface area contributed by atoms with Crippen molar-refractivity contribution in [3.63, 3.8) is 0 Å². The lowest BCUT2D eigenvalue weighted by Crippen LogP contribution is -2.45. The molecule has 2 nitrogen and oxygen atoms in total. The number of rotatable bonds is 3. The fraction of sp³-hybridized carbons (Fsp3) is 0.417. The molecule has 1 aromatic carbocycles.